The summed E-state index contributed by atoms with van der Waals surface area (Å²) >= 11 is 7.29. The smallest absolute Gasteiger partial charge is 0.354 e. The van der Waals surface area contributed by atoms with Crippen LogP contribution in [0.5, 0.6) is 0 Å². The van der Waals surface area contributed by atoms with Crippen molar-refractivity contribution in [2.75, 3.05) is 26.3 Å². The molecule has 0 spiro atoms. The van der Waals surface area contributed by atoms with E-state index in [4.69, 9.17) is 20.9 Å². The van der Waals surface area contributed by atoms with Gasteiger partial charge in [0.2, 0.25) is 0 Å². The van der Waals surface area contributed by atoms with Crippen molar-refractivity contribution in [2.45, 2.75) is 13.0 Å². The van der Waals surface area contributed by atoms with Crippen molar-refractivity contribution in [2.24, 2.45) is 0 Å². The average molecular weight is 437 g/mol. The summed E-state index contributed by atoms with van der Waals surface area (Å²) in [6.07, 6.45) is 0.729. The van der Waals surface area contributed by atoms with Gasteiger partial charge in [0, 0.05) is 31.8 Å². The lowest BCUT2D eigenvalue weighted by atomic mass is 10.3. The van der Waals surface area contributed by atoms with E-state index in [1.54, 1.807) is 17.0 Å². The lowest BCUT2D eigenvalue weighted by molar-refractivity contribution is 0.0682. The van der Waals surface area contributed by atoms with E-state index in [1.807, 2.05) is 6.07 Å². The molecule has 4 rings (SSSR count). The fourth-order valence-electron chi connectivity index (χ4n) is 3.03. The van der Waals surface area contributed by atoms with Crippen molar-refractivity contribution >= 4 is 34.8 Å². The molecule has 1 N–H and O–H groups in total. The first-order valence-corrected chi connectivity index (χ1v) is 10.1. The van der Waals surface area contributed by atoms with Crippen molar-refractivity contribution in [3.05, 3.63) is 45.7 Å². The second-order valence-corrected chi connectivity index (χ2v) is 8.14. The number of nitrogens with zero attached hydrogens (tertiary/aromatic N) is 4. The average Bonchev–Trinajstić information content (AvgIpc) is 3.38. The first-order chi connectivity index (χ1) is 14.0. The molecule has 9 nitrogen and oxygen atoms in total. The number of ether oxygens (including phenoxy) is 1. The lowest BCUT2D eigenvalue weighted by Crippen LogP contribution is -2.33. The normalized spacial score (nSPS) is 14.7. The number of hydrogen-bond acceptors (Lipinski definition) is 7. The molecule has 0 unspecified atom stereocenters. The number of halogens is 1. The molecule has 1 fully saturated rings. The minimum atomic E-state index is -1.18. The second-order valence-electron chi connectivity index (χ2n) is 6.42. The number of carbonyl (C=O) groups excluding carboxylic acids is 1. The molecular formula is C18H17ClN4O5S. The molecule has 0 radical (unpaired) electrons. The molecule has 0 aromatic carbocycles. The van der Waals surface area contributed by atoms with Gasteiger partial charge in [0.15, 0.2) is 11.5 Å². The number of rotatable bonds is 5. The molecule has 1 saturated heterocycles. The summed E-state index contributed by atoms with van der Waals surface area (Å²) in [7, 11) is 0. The number of carboxylic acid groups (broad SMARTS) is 1. The Kier molecular flexibility index (Phi) is 5.65. The first-order valence-electron chi connectivity index (χ1n) is 8.91. The predicted molar refractivity (Wildman–Crippen MR) is 104 cm³/mol. The van der Waals surface area contributed by atoms with Gasteiger partial charge in [-0.25, -0.2) is 4.79 Å². The van der Waals surface area contributed by atoms with Gasteiger partial charge in [-0.1, -0.05) is 16.8 Å². The Hall–Kier alpha value is -2.69. The molecule has 4 heterocycles. The number of thiophene rings is 1. The fourth-order valence-corrected chi connectivity index (χ4v) is 4.02. The third kappa shape index (κ3) is 4.34. The van der Waals surface area contributed by atoms with Crippen LogP contribution in [-0.2, 0) is 11.3 Å². The largest absolute Gasteiger partial charge is 0.477 e. The quantitative estimate of drug-likeness (QED) is 0.654. The highest BCUT2D eigenvalue weighted by atomic mass is 35.5. The van der Waals surface area contributed by atoms with Crippen LogP contribution in [0.3, 0.4) is 0 Å². The Morgan fingerprint density at radius 3 is 2.86 bits per heavy atom. The zero-order valence-corrected chi connectivity index (χ0v) is 16.8. The molecule has 29 heavy (non-hydrogen) atoms. The summed E-state index contributed by atoms with van der Waals surface area (Å²) < 4.78 is 12.5. The minimum absolute atomic E-state index is 0.0562. The van der Waals surface area contributed by atoms with E-state index >= 15 is 0 Å². The SMILES string of the molecule is O=C(O)c1cc(C(=O)N2CCCOCC2)nn1Cc1cc(-c2ccc(Cl)s2)on1. The molecule has 0 aliphatic carbocycles. The van der Waals surface area contributed by atoms with Gasteiger partial charge in [-0.2, -0.15) is 5.10 Å². The second kappa shape index (κ2) is 8.36. The first kappa shape index (κ1) is 19.6. The number of carboxylic acids is 1. The standard InChI is InChI=1S/C18H17ClN4O5S/c19-16-3-2-15(29-16)14-8-11(21-28-14)10-23-13(18(25)26)9-12(20-23)17(24)22-4-1-6-27-7-5-22/h2-3,8-9H,1,4-7,10H2,(H,25,26). The Bertz CT molecular complexity index is 1030. The van der Waals surface area contributed by atoms with Gasteiger partial charge in [0.05, 0.1) is 22.4 Å². The van der Waals surface area contributed by atoms with Gasteiger partial charge in [-0.15, -0.1) is 11.3 Å². The summed E-state index contributed by atoms with van der Waals surface area (Å²) in [5.74, 6) is -0.961. The monoisotopic (exact) mass is 436 g/mol. The maximum Gasteiger partial charge on any atom is 0.354 e. The van der Waals surface area contributed by atoms with Crippen molar-refractivity contribution in [3.63, 3.8) is 0 Å². The molecule has 0 saturated carbocycles. The summed E-state index contributed by atoms with van der Waals surface area (Å²) in [6, 6.07) is 6.56. The van der Waals surface area contributed by atoms with Crippen molar-refractivity contribution < 1.29 is 24.0 Å². The fraction of sp³-hybridized carbons (Fsp3) is 0.333. The maximum absolute atomic E-state index is 12.7. The molecule has 1 aliphatic rings. The summed E-state index contributed by atoms with van der Waals surface area (Å²) in [4.78, 5) is 26.8. The number of hydrogen-bond donors (Lipinski definition) is 1. The van der Waals surface area contributed by atoms with Crippen LogP contribution in [0, 0.1) is 0 Å². The van der Waals surface area contributed by atoms with Crippen molar-refractivity contribution in [1.29, 1.82) is 0 Å². The van der Waals surface area contributed by atoms with Gasteiger partial charge < -0.3 is 19.3 Å². The topological polar surface area (TPSA) is 111 Å². The van der Waals surface area contributed by atoms with E-state index in [1.165, 1.54) is 22.1 Å². The van der Waals surface area contributed by atoms with Crippen LogP contribution in [0.4, 0.5) is 0 Å². The molecule has 11 heteroatoms. The van der Waals surface area contributed by atoms with E-state index in [2.05, 4.69) is 10.3 Å². The number of aromatic carboxylic acids is 1. The third-order valence-electron chi connectivity index (χ3n) is 4.41. The summed E-state index contributed by atoms with van der Waals surface area (Å²) in [5, 5.41) is 17.7. The summed E-state index contributed by atoms with van der Waals surface area (Å²) in [5.41, 5.74) is 0.471. The van der Waals surface area contributed by atoms with Crippen LogP contribution in [-0.4, -0.2) is 63.1 Å². The highest BCUT2D eigenvalue weighted by molar-refractivity contribution is 7.19. The zero-order valence-electron chi connectivity index (χ0n) is 15.2. The molecule has 3 aromatic heterocycles. The lowest BCUT2D eigenvalue weighted by Gasteiger charge is -2.17. The zero-order chi connectivity index (χ0) is 20.4. The summed E-state index contributed by atoms with van der Waals surface area (Å²) in [6.45, 7) is 2.10. The predicted octanol–water partition coefficient (Wildman–Crippen LogP) is 2.86. The van der Waals surface area contributed by atoms with Gasteiger partial charge in [-0.05, 0) is 18.6 Å². The van der Waals surface area contributed by atoms with E-state index in [0.29, 0.717) is 42.1 Å². The van der Waals surface area contributed by atoms with Crippen LogP contribution in [0.25, 0.3) is 10.6 Å². The van der Waals surface area contributed by atoms with Gasteiger partial charge in [0.1, 0.15) is 11.4 Å². The highest BCUT2D eigenvalue weighted by Crippen LogP contribution is 2.31. The molecule has 0 bridgehead atoms. The Balaban J connectivity index is 1.56. The van der Waals surface area contributed by atoms with Crippen molar-refractivity contribution in [3.8, 4) is 10.6 Å². The third-order valence-corrected chi connectivity index (χ3v) is 5.66. The van der Waals surface area contributed by atoms with Crippen LogP contribution in [0.2, 0.25) is 4.34 Å². The number of carbonyl (C=O) groups is 2. The van der Waals surface area contributed by atoms with Crippen LogP contribution in [0.15, 0.2) is 28.8 Å². The maximum atomic E-state index is 12.7. The molecule has 152 valence electrons. The van der Waals surface area contributed by atoms with Crippen LogP contribution in [0.1, 0.15) is 33.1 Å². The number of aromatic nitrogens is 3. The Morgan fingerprint density at radius 1 is 1.24 bits per heavy atom. The Morgan fingerprint density at radius 2 is 2.10 bits per heavy atom. The molecular weight excluding hydrogens is 420 g/mol. The van der Waals surface area contributed by atoms with Crippen LogP contribution >= 0.6 is 22.9 Å². The minimum Gasteiger partial charge on any atom is -0.477 e. The molecule has 0 atom stereocenters. The van der Waals surface area contributed by atoms with Gasteiger partial charge >= 0.3 is 5.97 Å². The van der Waals surface area contributed by atoms with E-state index in [0.717, 1.165) is 11.3 Å². The molecule has 1 aliphatic heterocycles. The molecule has 1 amide bonds. The van der Waals surface area contributed by atoms with Crippen molar-refractivity contribution in [1.82, 2.24) is 19.8 Å². The van der Waals surface area contributed by atoms with Gasteiger partial charge in [0.25, 0.3) is 5.91 Å². The van der Waals surface area contributed by atoms with E-state index in [9.17, 15) is 14.7 Å². The Labute approximate surface area is 174 Å². The van der Waals surface area contributed by atoms with Gasteiger partial charge in [-0.3, -0.25) is 9.48 Å². The molecule has 3 aromatic rings. The number of amides is 1. The van der Waals surface area contributed by atoms with E-state index < -0.39 is 5.97 Å². The highest BCUT2D eigenvalue weighted by Gasteiger charge is 2.24. The van der Waals surface area contributed by atoms with Crippen LogP contribution < -0.4 is 0 Å². The van der Waals surface area contributed by atoms with E-state index in [-0.39, 0.29) is 23.8 Å².